The Morgan fingerprint density at radius 1 is 1.33 bits per heavy atom. The molecule has 1 fully saturated rings. The van der Waals surface area contributed by atoms with Crippen molar-refractivity contribution in [1.82, 2.24) is 13.1 Å². The van der Waals surface area contributed by atoms with E-state index in [9.17, 15) is 26.4 Å². The van der Waals surface area contributed by atoms with Crippen LogP contribution in [0.3, 0.4) is 0 Å². The third kappa shape index (κ3) is 5.06. The van der Waals surface area contributed by atoms with Crippen LogP contribution in [0.15, 0.2) is 41.4 Å². The van der Waals surface area contributed by atoms with Crippen LogP contribution in [0.1, 0.15) is 24.7 Å². The minimum atomic E-state index is -4.85. The van der Waals surface area contributed by atoms with E-state index < -0.39 is 59.2 Å². The number of anilines is 1. The van der Waals surface area contributed by atoms with Crippen LogP contribution in [-0.2, 0) is 20.8 Å². The Morgan fingerprint density at radius 2 is 2.03 bits per heavy atom. The number of rotatable bonds is 6. The summed E-state index contributed by atoms with van der Waals surface area (Å²) in [7, 11) is -4.45. The third-order valence-electron chi connectivity index (χ3n) is 5.24. The molecule has 1 aliphatic rings. The van der Waals surface area contributed by atoms with Crippen molar-refractivity contribution in [3.63, 3.8) is 0 Å². The molecule has 1 amide bonds. The van der Waals surface area contributed by atoms with Gasteiger partial charge in [0.25, 0.3) is 0 Å². The molecule has 1 saturated heterocycles. The maximum atomic E-state index is 13.5. The Hall–Kier alpha value is -2.47. The molecule has 0 aliphatic carbocycles. The second-order valence-electron chi connectivity index (χ2n) is 7.10. The number of likely N-dealkylation sites (N-methyl/N-ethyl adjacent to an activating group) is 1. The fraction of sp³-hybridized carbons (Fsp3) is 0.400. The second kappa shape index (κ2) is 9.80. The quantitative estimate of drug-likeness (QED) is 0.247. The molecule has 13 heteroatoms. The van der Waals surface area contributed by atoms with Gasteiger partial charge in [0, 0.05) is 0 Å². The topological polar surface area (TPSA) is 107 Å². The molecular weight excluding hydrogens is 574 g/mol. The van der Waals surface area contributed by atoms with Crippen LogP contribution in [-0.4, -0.2) is 56.7 Å². The van der Waals surface area contributed by atoms with Crippen molar-refractivity contribution in [3.05, 3.63) is 47.9 Å². The van der Waals surface area contributed by atoms with Crippen molar-refractivity contribution in [2.45, 2.75) is 35.7 Å². The Morgan fingerprint density at radius 3 is 2.64 bits per heavy atom. The van der Waals surface area contributed by atoms with E-state index in [1.165, 1.54) is 23.2 Å². The molecule has 8 nitrogen and oxygen atoms in total. The van der Waals surface area contributed by atoms with Gasteiger partial charge in [-0.05, 0) is 0 Å². The van der Waals surface area contributed by atoms with Crippen LogP contribution in [0, 0.1) is 11.3 Å². The van der Waals surface area contributed by atoms with Gasteiger partial charge in [0.15, 0.2) is 0 Å². The molecule has 3 rings (SSSR count). The van der Waals surface area contributed by atoms with Crippen molar-refractivity contribution in [2.75, 3.05) is 22.9 Å². The van der Waals surface area contributed by atoms with Crippen LogP contribution in [0.25, 0.3) is 0 Å². The molecular formula is C20H20F3IN5O3S-. The molecule has 0 unspecified atom stereocenters. The number of hydrogen-bond donors (Lipinski definition) is 0. The van der Waals surface area contributed by atoms with Gasteiger partial charge in [-0.25, -0.2) is 0 Å². The zero-order valence-corrected chi connectivity index (χ0v) is 20.6. The molecule has 1 aliphatic heterocycles. The number of carbonyl (C=O) groups is 1. The number of carbonyl (C=O) groups excluding carboxylic acids is 1. The minimum absolute atomic E-state index is 0.164. The number of sulfone groups is 1. The first kappa shape index (κ1) is 25.2. The van der Waals surface area contributed by atoms with E-state index >= 15 is 0 Å². The van der Waals surface area contributed by atoms with Gasteiger partial charge in [-0.2, -0.15) is 0 Å². The predicted molar refractivity (Wildman–Crippen MR) is 108 cm³/mol. The summed E-state index contributed by atoms with van der Waals surface area (Å²) in [6.07, 6.45) is -3.73. The molecule has 2 aromatic rings. The first-order chi connectivity index (χ1) is 15.5. The van der Waals surface area contributed by atoms with Crippen LogP contribution in [0.5, 0.6) is 0 Å². The normalized spacial score (nSPS) is 18.8. The number of benzene rings is 1. The number of alkyl halides is 4. The molecule has 2 heterocycles. The van der Waals surface area contributed by atoms with E-state index in [1.807, 2.05) is 4.93 Å². The molecule has 2 atom stereocenters. The Balaban J connectivity index is 2.07. The van der Waals surface area contributed by atoms with E-state index in [-0.39, 0.29) is 30.5 Å². The number of halogens is 4. The summed E-state index contributed by atoms with van der Waals surface area (Å²) in [6.45, 7) is 1.98. The summed E-state index contributed by atoms with van der Waals surface area (Å²) < 4.78 is 68.9. The maximum absolute atomic E-state index is 13.5. The summed E-state index contributed by atoms with van der Waals surface area (Å²) in [5.41, 5.74) is -1.24. The van der Waals surface area contributed by atoms with Crippen molar-refractivity contribution < 1.29 is 47.9 Å². The average Bonchev–Trinajstić information content (AvgIpc) is 3.26. The Kier molecular flexibility index (Phi) is 7.47. The van der Waals surface area contributed by atoms with E-state index in [4.69, 9.17) is 5.26 Å². The van der Waals surface area contributed by atoms with Crippen molar-refractivity contribution >= 4 is 21.6 Å². The van der Waals surface area contributed by atoms with Crippen molar-refractivity contribution in [1.29, 1.82) is 5.26 Å². The van der Waals surface area contributed by atoms with Gasteiger partial charge in [-0.1, -0.05) is 0 Å². The summed E-state index contributed by atoms with van der Waals surface area (Å²) in [5, 5.41) is 7.84. The van der Waals surface area contributed by atoms with Gasteiger partial charge in [-0.15, -0.1) is 0 Å². The van der Waals surface area contributed by atoms with Crippen LogP contribution in [0.4, 0.5) is 19.0 Å². The Bertz CT molecular complexity index is 1180. The monoisotopic (exact) mass is 594 g/mol. The van der Waals surface area contributed by atoms with Crippen molar-refractivity contribution in [2.24, 2.45) is 0 Å². The molecule has 0 spiro atoms. The van der Waals surface area contributed by atoms with Gasteiger partial charge < -0.3 is 0 Å². The number of nitriles is 1. The van der Waals surface area contributed by atoms with Gasteiger partial charge in [0.1, 0.15) is 0 Å². The zero-order valence-electron chi connectivity index (χ0n) is 17.6. The van der Waals surface area contributed by atoms with Crippen molar-refractivity contribution in [3.8, 4) is 6.07 Å². The average molecular weight is 594 g/mol. The fourth-order valence-electron chi connectivity index (χ4n) is 3.72. The number of nitrogens with zero attached hydrogens (tertiary/aromatic N) is 5. The summed E-state index contributed by atoms with van der Waals surface area (Å²) in [5.74, 6) is -0.304. The number of amides is 1. The van der Waals surface area contributed by atoms with E-state index in [0.29, 0.717) is 6.54 Å². The van der Waals surface area contributed by atoms with E-state index in [2.05, 4.69) is 9.97 Å². The summed E-state index contributed by atoms with van der Waals surface area (Å²) >= 11 is -0.651. The standard InChI is InChI=1S/C20H20F3IN5O3S/c1-3-29(24-2)19(30)15-10-13(12-28(15)18-8-9-26-17(11-25)27-18)33(31,32)16-7-5-4-6-14(16)20(21,22)23/h4-9,13,15H,3,10,12H2,1-2H3/q-1/t13-,15-/m0/s1. The SMILES string of the molecule is CCN([I-]C)C(=O)[C@@H]1C[C@H](S(=O)(=O)c2ccccc2C(F)(F)F)CN1c1ccnc(C#N)n1. The van der Waals surface area contributed by atoms with Crippen LogP contribution >= 0.6 is 0 Å². The van der Waals surface area contributed by atoms with Gasteiger partial charge >= 0.3 is 200 Å². The fourth-order valence-corrected chi connectivity index (χ4v) is 7.11. The Labute approximate surface area is 200 Å². The molecule has 0 saturated carbocycles. The van der Waals surface area contributed by atoms with Gasteiger partial charge in [-0.3, -0.25) is 0 Å². The van der Waals surface area contributed by atoms with Crippen LogP contribution < -0.4 is 26.4 Å². The molecule has 33 heavy (non-hydrogen) atoms. The van der Waals surface area contributed by atoms with Crippen LogP contribution in [0.2, 0.25) is 0 Å². The molecule has 0 radical (unpaired) electrons. The predicted octanol–water partition coefficient (Wildman–Crippen LogP) is -0.729. The van der Waals surface area contributed by atoms with Gasteiger partial charge in [0.05, 0.1) is 0 Å². The molecule has 0 bridgehead atoms. The molecule has 1 aromatic heterocycles. The zero-order chi connectivity index (χ0) is 24.4. The first-order valence-corrected chi connectivity index (χ1v) is 14.4. The third-order valence-corrected chi connectivity index (χ3v) is 9.75. The van der Waals surface area contributed by atoms with E-state index in [1.54, 1.807) is 16.1 Å². The molecule has 178 valence electrons. The number of aromatic nitrogens is 2. The molecule has 0 N–H and O–H groups in total. The number of hydrogen-bond acceptors (Lipinski definition) is 7. The first-order valence-electron chi connectivity index (χ1n) is 9.75. The summed E-state index contributed by atoms with van der Waals surface area (Å²) in [6, 6.07) is 6.32. The summed E-state index contributed by atoms with van der Waals surface area (Å²) in [4.78, 5) is 23.6. The molecule has 1 aromatic carbocycles. The second-order valence-corrected chi connectivity index (χ2v) is 11.4. The van der Waals surface area contributed by atoms with E-state index in [0.717, 1.165) is 18.2 Å². The van der Waals surface area contributed by atoms with Gasteiger partial charge in [0.2, 0.25) is 0 Å².